The van der Waals surface area contributed by atoms with Crippen LogP contribution in [0.4, 0.5) is 0 Å². The fourth-order valence-electron chi connectivity index (χ4n) is 2.22. The van der Waals surface area contributed by atoms with Gasteiger partial charge in [0, 0.05) is 6.07 Å². The fourth-order valence-corrected chi connectivity index (χ4v) is 2.22. The van der Waals surface area contributed by atoms with Crippen molar-refractivity contribution in [2.45, 2.75) is 19.6 Å². The molecule has 0 aliphatic carbocycles. The summed E-state index contributed by atoms with van der Waals surface area (Å²) < 4.78 is 12.2. The van der Waals surface area contributed by atoms with Gasteiger partial charge in [-0.2, -0.15) is 5.10 Å². The molecule has 1 aliphatic rings. The van der Waals surface area contributed by atoms with E-state index in [1.807, 2.05) is 0 Å². The molecule has 0 amide bonds. The molecule has 0 radical (unpaired) electrons. The first-order chi connectivity index (χ1) is 10.1. The van der Waals surface area contributed by atoms with Gasteiger partial charge in [0.25, 0.3) is 5.56 Å². The van der Waals surface area contributed by atoms with E-state index in [1.54, 1.807) is 31.2 Å². The first-order valence-corrected chi connectivity index (χ1v) is 6.76. The van der Waals surface area contributed by atoms with Gasteiger partial charge in [0.2, 0.25) is 0 Å². The molecule has 1 aromatic carbocycles. The Morgan fingerprint density at radius 1 is 1.24 bits per heavy atom. The second kappa shape index (κ2) is 5.57. The molecule has 6 nitrogen and oxygen atoms in total. The number of benzene rings is 1. The van der Waals surface area contributed by atoms with Gasteiger partial charge in [-0.25, -0.2) is 4.68 Å². The number of fused-ring (bicyclic) bond motifs is 1. The molecule has 0 fully saturated rings. The van der Waals surface area contributed by atoms with Crippen molar-refractivity contribution in [2.75, 3.05) is 13.2 Å². The van der Waals surface area contributed by atoms with Crippen LogP contribution in [0.25, 0.3) is 0 Å². The molecule has 6 heteroatoms. The summed E-state index contributed by atoms with van der Waals surface area (Å²) in [5, 5.41) is 14.4. The largest absolute Gasteiger partial charge is 0.486 e. The number of hydrogen-bond acceptors (Lipinski definition) is 5. The molecule has 0 saturated carbocycles. The highest BCUT2D eigenvalue weighted by Gasteiger charge is 2.16. The number of ether oxygens (including phenoxy) is 2. The molecule has 3 rings (SSSR count). The molecule has 0 saturated heterocycles. The number of hydrogen-bond donors (Lipinski definition) is 1. The summed E-state index contributed by atoms with van der Waals surface area (Å²) in [5.41, 5.74) is 1.15. The molecule has 110 valence electrons. The van der Waals surface area contributed by atoms with Crippen LogP contribution in [0.15, 0.2) is 35.1 Å². The minimum Gasteiger partial charge on any atom is -0.486 e. The van der Waals surface area contributed by atoms with E-state index in [0.717, 1.165) is 5.69 Å². The lowest BCUT2D eigenvalue weighted by molar-refractivity contribution is 0.145. The van der Waals surface area contributed by atoms with E-state index in [2.05, 4.69) is 5.10 Å². The molecule has 1 N–H and O–H groups in total. The van der Waals surface area contributed by atoms with Crippen LogP contribution in [0.5, 0.6) is 11.5 Å². The molecule has 0 bridgehead atoms. The molecule has 2 heterocycles. The summed E-state index contributed by atoms with van der Waals surface area (Å²) in [6.07, 6.45) is -0.840. The summed E-state index contributed by atoms with van der Waals surface area (Å²) >= 11 is 0. The van der Waals surface area contributed by atoms with Crippen molar-refractivity contribution >= 4 is 0 Å². The zero-order valence-corrected chi connectivity index (χ0v) is 11.7. The first-order valence-electron chi connectivity index (χ1n) is 6.76. The van der Waals surface area contributed by atoms with E-state index in [9.17, 15) is 9.90 Å². The summed E-state index contributed by atoms with van der Waals surface area (Å²) in [4.78, 5) is 11.7. The zero-order valence-electron chi connectivity index (χ0n) is 11.7. The summed E-state index contributed by atoms with van der Waals surface area (Å²) in [6, 6.07) is 8.35. The highest BCUT2D eigenvalue weighted by atomic mass is 16.6. The molecule has 1 aliphatic heterocycles. The van der Waals surface area contributed by atoms with Crippen LogP contribution in [0.2, 0.25) is 0 Å². The Bertz CT molecular complexity index is 711. The highest BCUT2D eigenvalue weighted by molar-refractivity contribution is 5.44. The Hall–Kier alpha value is -2.34. The predicted molar refractivity (Wildman–Crippen MR) is 75.6 cm³/mol. The summed E-state index contributed by atoms with van der Waals surface area (Å²) in [7, 11) is 0. The van der Waals surface area contributed by atoms with Crippen molar-refractivity contribution in [3.8, 4) is 11.5 Å². The lowest BCUT2D eigenvalue weighted by Crippen LogP contribution is -2.25. The average molecular weight is 288 g/mol. The maximum absolute atomic E-state index is 11.7. The Morgan fingerprint density at radius 3 is 2.81 bits per heavy atom. The minimum absolute atomic E-state index is 0.0974. The quantitative estimate of drug-likeness (QED) is 0.914. The van der Waals surface area contributed by atoms with Crippen molar-refractivity contribution < 1.29 is 14.6 Å². The number of nitrogens with zero attached hydrogens (tertiary/aromatic N) is 2. The maximum Gasteiger partial charge on any atom is 0.266 e. The van der Waals surface area contributed by atoms with Crippen molar-refractivity contribution in [1.29, 1.82) is 0 Å². The number of rotatable bonds is 3. The van der Waals surface area contributed by atoms with Crippen LogP contribution in [0, 0.1) is 6.92 Å². The van der Waals surface area contributed by atoms with E-state index in [4.69, 9.17) is 9.47 Å². The minimum atomic E-state index is -0.840. The van der Waals surface area contributed by atoms with Crippen LogP contribution in [0.1, 0.15) is 17.4 Å². The van der Waals surface area contributed by atoms with Crippen molar-refractivity contribution in [1.82, 2.24) is 9.78 Å². The Morgan fingerprint density at radius 2 is 2.00 bits per heavy atom. The molecule has 21 heavy (non-hydrogen) atoms. The molecule has 2 aromatic rings. The molecular weight excluding hydrogens is 272 g/mol. The van der Waals surface area contributed by atoms with Crippen molar-refractivity contribution in [3.05, 3.63) is 51.9 Å². The van der Waals surface area contributed by atoms with Gasteiger partial charge in [-0.3, -0.25) is 4.79 Å². The van der Waals surface area contributed by atoms with E-state index >= 15 is 0 Å². The second-order valence-electron chi connectivity index (χ2n) is 4.91. The number of aliphatic hydroxyl groups excluding tert-OH is 1. The van der Waals surface area contributed by atoms with Crippen molar-refractivity contribution in [2.24, 2.45) is 0 Å². The lowest BCUT2D eigenvalue weighted by atomic mass is 10.1. The van der Waals surface area contributed by atoms with E-state index in [1.165, 1.54) is 10.7 Å². The van der Waals surface area contributed by atoms with Crippen LogP contribution in [0.3, 0.4) is 0 Å². The molecule has 0 spiro atoms. The number of aryl methyl sites for hydroxylation is 1. The Balaban J connectivity index is 1.83. The van der Waals surface area contributed by atoms with Crippen molar-refractivity contribution in [3.63, 3.8) is 0 Å². The third-order valence-corrected chi connectivity index (χ3v) is 3.30. The summed E-state index contributed by atoms with van der Waals surface area (Å²) in [6.45, 7) is 2.91. The monoisotopic (exact) mass is 288 g/mol. The molecule has 1 atom stereocenters. The number of aliphatic hydroxyl groups is 1. The van der Waals surface area contributed by atoms with E-state index in [0.29, 0.717) is 30.3 Å². The van der Waals surface area contributed by atoms with Gasteiger partial charge in [0.15, 0.2) is 11.5 Å². The normalized spacial score (nSPS) is 14.8. The predicted octanol–water partition coefficient (Wildman–Crippen LogP) is 1.06. The summed E-state index contributed by atoms with van der Waals surface area (Å²) in [5.74, 6) is 1.28. The maximum atomic E-state index is 11.7. The van der Waals surface area contributed by atoms with Gasteiger partial charge in [0.1, 0.15) is 13.2 Å². The molecule has 1 aromatic heterocycles. The zero-order chi connectivity index (χ0) is 14.8. The Kier molecular flexibility index (Phi) is 3.62. The second-order valence-corrected chi connectivity index (χ2v) is 4.91. The van der Waals surface area contributed by atoms with Crippen LogP contribution in [-0.4, -0.2) is 28.1 Å². The smallest absolute Gasteiger partial charge is 0.266 e. The van der Waals surface area contributed by atoms with Gasteiger partial charge in [-0.15, -0.1) is 0 Å². The standard InChI is InChI=1S/C15H16N2O4/c1-10-2-5-15(19)17(16-10)9-12(18)11-3-4-13-14(8-11)21-7-6-20-13/h2-5,8,12,18H,6-7,9H2,1H3. The first kappa shape index (κ1) is 13.6. The van der Waals surface area contributed by atoms with Gasteiger partial charge >= 0.3 is 0 Å². The van der Waals surface area contributed by atoms with Gasteiger partial charge < -0.3 is 14.6 Å². The molecular formula is C15H16N2O4. The average Bonchev–Trinajstić information content (AvgIpc) is 2.50. The lowest BCUT2D eigenvalue weighted by Gasteiger charge is -2.20. The van der Waals surface area contributed by atoms with Crippen LogP contribution < -0.4 is 15.0 Å². The third-order valence-electron chi connectivity index (χ3n) is 3.30. The van der Waals surface area contributed by atoms with E-state index < -0.39 is 6.10 Å². The number of aromatic nitrogens is 2. The van der Waals surface area contributed by atoms with E-state index in [-0.39, 0.29) is 12.1 Å². The van der Waals surface area contributed by atoms with Gasteiger partial charge in [-0.05, 0) is 30.7 Å². The molecule has 1 unspecified atom stereocenters. The Labute approximate surface area is 121 Å². The van der Waals surface area contributed by atoms with Gasteiger partial charge in [-0.1, -0.05) is 6.07 Å². The topological polar surface area (TPSA) is 73.6 Å². The van der Waals surface area contributed by atoms with Crippen LogP contribution >= 0.6 is 0 Å². The van der Waals surface area contributed by atoms with Crippen LogP contribution in [-0.2, 0) is 6.54 Å². The highest BCUT2D eigenvalue weighted by Crippen LogP contribution is 2.32. The third kappa shape index (κ3) is 2.90. The van der Waals surface area contributed by atoms with Gasteiger partial charge in [0.05, 0.1) is 18.3 Å². The SMILES string of the molecule is Cc1ccc(=O)n(CC(O)c2ccc3c(c2)OCCO3)n1. The fraction of sp³-hybridized carbons (Fsp3) is 0.333.